The molecule has 5 nitrogen and oxygen atoms in total. The molecule has 3 aromatic rings. The van der Waals surface area contributed by atoms with Gasteiger partial charge < -0.3 is 15.1 Å². The lowest BCUT2D eigenvalue weighted by molar-refractivity contribution is 0.647. The van der Waals surface area contributed by atoms with Crippen LogP contribution in [-0.2, 0) is 6.42 Å². The second-order valence-corrected chi connectivity index (χ2v) is 7.09. The zero-order valence-corrected chi connectivity index (χ0v) is 16.2. The van der Waals surface area contributed by atoms with Crippen molar-refractivity contribution in [2.45, 2.75) is 12.8 Å². The molecule has 0 saturated carbocycles. The quantitative estimate of drug-likeness (QED) is 0.638. The fraction of sp³-hybridized carbons (Fsp3) is 0.304. The minimum Gasteiger partial charge on any atom is -0.370 e. The molecule has 2 heterocycles. The minimum absolute atomic E-state index is 0.906. The number of anilines is 3. The maximum atomic E-state index is 4.49. The Kier molecular flexibility index (Phi) is 6.02. The molecule has 1 N–H and O–H groups in total. The molecular weight excluding hydrogens is 346 g/mol. The van der Waals surface area contributed by atoms with Crippen LogP contribution < -0.4 is 15.1 Å². The molecule has 1 aliphatic rings. The van der Waals surface area contributed by atoms with Crippen molar-refractivity contribution in [3.8, 4) is 0 Å². The van der Waals surface area contributed by atoms with Crippen molar-refractivity contribution in [1.82, 2.24) is 9.97 Å². The summed E-state index contributed by atoms with van der Waals surface area (Å²) in [4.78, 5) is 13.6. The maximum absolute atomic E-state index is 4.49. The van der Waals surface area contributed by atoms with Gasteiger partial charge in [-0.3, -0.25) is 0 Å². The number of nitrogens with one attached hydrogen (secondary N) is 1. The van der Waals surface area contributed by atoms with E-state index in [1.807, 2.05) is 0 Å². The van der Waals surface area contributed by atoms with Crippen LogP contribution in [0.15, 0.2) is 73.1 Å². The highest BCUT2D eigenvalue weighted by atomic mass is 15.3. The zero-order valence-electron chi connectivity index (χ0n) is 16.2. The summed E-state index contributed by atoms with van der Waals surface area (Å²) in [7, 11) is 0. The number of para-hydroxylation sites is 1. The van der Waals surface area contributed by atoms with Crippen LogP contribution in [-0.4, -0.2) is 42.7 Å². The molecule has 1 saturated heterocycles. The summed E-state index contributed by atoms with van der Waals surface area (Å²) in [6, 6.07) is 23.3. The Bertz CT molecular complexity index is 845. The highest BCUT2D eigenvalue weighted by Crippen LogP contribution is 2.20. The van der Waals surface area contributed by atoms with Crippen LogP contribution >= 0.6 is 0 Å². The number of hydrogen-bond donors (Lipinski definition) is 1. The van der Waals surface area contributed by atoms with Gasteiger partial charge in [-0.05, 0) is 30.5 Å². The monoisotopic (exact) mass is 373 g/mol. The lowest BCUT2D eigenvalue weighted by atomic mass is 10.1. The van der Waals surface area contributed by atoms with Crippen LogP contribution in [0.3, 0.4) is 0 Å². The number of benzene rings is 2. The average molecular weight is 374 g/mol. The van der Waals surface area contributed by atoms with Crippen LogP contribution in [0.5, 0.6) is 0 Å². The van der Waals surface area contributed by atoms with Crippen LogP contribution in [0, 0.1) is 0 Å². The average Bonchev–Trinajstić information content (AvgIpc) is 2.78. The van der Waals surface area contributed by atoms with E-state index in [9.17, 15) is 0 Å². The van der Waals surface area contributed by atoms with Crippen molar-refractivity contribution < 1.29 is 0 Å². The third kappa shape index (κ3) is 4.80. The molecule has 0 aliphatic carbocycles. The van der Waals surface area contributed by atoms with E-state index in [-0.39, 0.29) is 0 Å². The molecule has 2 aromatic carbocycles. The number of aromatic nitrogens is 2. The Morgan fingerprint density at radius 2 is 1.46 bits per heavy atom. The molecule has 0 radical (unpaired) electrons. The standard InChI is InChI=1S/C23H27N5/c1-3-8-20(9-4-1)10-7-13-24-22-18-23(26-19-25-22)28-16-14-27(15-17-28)21-11-5-2-6-12-21/h1-6,8-9,11-12,18-19H,7,10,13-17H2,(H,24,25,26). The fourth-order valence-corrected chi connectivity index (χ4v) is 3.60. The smallest absolute Gasteiger partial charge is 0.134 e. The van der Waals surface area contributed by atoms with E-state index in [0.29, 0.717) is 0 Å². The van der Waals surface area contributed by atoms with E-state index in [1.54, 1.807) is 6.33 Å². The SMILES string of the molecule is c1ccc(CCCNc2cc(N3CCN(c4ccccc4)CC3)ncn2)cc1. The Morgan fingerprint density at radius 1 is 0.786 bits per heavy atom. The maximum Gasteiger partial charge on any atom is 0.134 e. The summed E-state index contributed by atoms with van der Waals surface area (Å²) in [5.41, 5.74) is 2.68. The minimum atomic E-state index is 0.906. The van der Waals surface area contributed by atoms with E-state index in [0.717, 1.165) is 57.2 Å². The third-order valence-electron chi connectivity index (χ3n) is 5.17. The van der Waals surface area contributed by atoms with Crippen LogP contribution in [0.1, 0.15) is 12.0 Å². The molecule has 144 valence electrons. The topological polar surface area (TPSA) is 44.3 Å². The zero-order chi connectivity index (χ0) is 19.0. The van der Waals surface area contributed by atoms with Crippen molar-refractivity contribution >= 4 is 17.3 Å². The van der Waals surface area contributed by atoms with Gasteiger partial charge in [0, 0.05) is 44.5 Å². The predicted octanol–water partition coefficient (Wildman–Crippen LogP) is 3.85. The summed E-state index contributed by atoms with van der Waals surface area (Å²) in [6.45, 7) is 4.87. The number of piperazine rings is 1. The van der Waals surface area contributed by atoms with Gasteiger partial charge in [-0.15, -0.1) is 0 Å². The van der Waals surface area contributed by atoms with Gasteiger partial charge in [-0.1, -0.05) is 48.5 Å². The molecule has 4 rings (SSSR count). The Hall–Kier alpha value is -3.08. The van der Waals surface area contributed by atoms with Gasteiger partial charge in [0.05, 0.1) is 0 Å². The normalized spacial score (nSPS) is 14.1. The van der Waals surface area contributed by atoms with Gasteiger partial charge in [0.15, 0.2) is 0 Å². The highest BCUT2D eigenvalue weighted by molar-refractivity contribution is 5.52. The third-order valence-corrected chi connectivity index (χ3v) is 5.17. The lowest BCUT2D eigenvalue weighted by Gasteiger charge is -2.36. The summed E-state index contributed by atoms with van der Waals surface area (Å²) in [5, 5.41) is 3.44. The molecule has 1 aromatic heterocycles. The van der Waals surface area contributed by atoms with E-state index < -0.39 is 0 Å². The fourth-order valence-electron chi connectivity index (χ4n) is 3.60. The Morgan fingerprint density at radius 3 is 2.21 bits per heavy atom. The van der Waals surface area contributed by atoms with Gasteiger partial charge in [0.25, 0.3) is 0 Å². The molecule has 0 atom stereocenters. The van der Waals surface area contributed by atoms with Crippen molar-refractivity contribution in [3.63, 3.8) is 0 Å². The first-order chi connectivity index (χ1) is 13.9. The number of nitrogens with zero attached hydrogens (tertiary/aromatic N) is 4. The van der Waals surface area contributed by atoms with Crippen LogP contribution in [0.25, 0.3) is 0 Å². The molecule has 0 amide bonds. The van der Waals surface area contributed by atoms with Gasteiger partial charge in [-0.25, -0.2) is 9.97 Å². The molecule has 1 aliphatic heterocycles. The van der Waals surface area contributed by atoms with Gasteiger partial charge in [-0.2, -0.15) is 0 Å². The molecule has 0 unspecified atom stereocenters. The van der Waals surface area contributed by atoms with Crippen molar-refractivity contribution in [1.29, 1.82) is 0 Å². The largest absolute Gasteiger partial charge is 0.370 e. The summed E-state index contributed by atoms with van der Waals surface area (Å²) >= 11 is 0. The lowest BCUT2D eigenvalue weighted by Crippen LogP contribution is -2.46. The first-order valence-electron chi connectivity index (χ1n) is 10.0. The van der Waals surface area contributed by atoms with E-state index >= 15 is 0 Å². The van der Waals surface area contributed by atoms with Gasteiger partial charge >= 0.3 is 0 Å². The molecule has 1 fully saturated rings. The summed E-state index contributed by atoms with van der Waals surface area (Å²) in [6.07, 6.45) is 3.82. The predicted molar refractivity (Wildman–Crippen MR) is 116 cm³/mol. The first-order valence-corrected chi connectivity index (χ1v) is 10.0. The second-order valence-electron chi connectivity index (χ2n) is 7.09. The van der Waals surface area contributed by atoms with Crippen molar-refractivity contribution in [2.24, 2.45) is 0 Å². The summed E-state index contributed by atoms with van der Waals surface area (Å²) < 4.78 is 0. The molecular formula is C23H27N5. The Balaban J connectivity index is 1.27. The molecule has 0 bridgehead atoms. The van der Waals surface area contributed by atoms with Crippen molar-refractivity contribution in [2.75, 3.05) is 47.8 Å². The Labute approximate surface area is 167 Å². The molecule has 5 heteroatoms. The van der Waals surface area contributed by atoms with Crippen LogP contribution in [0.2, 0.25) is 0 Å². The first kappa shape index (κ1) is 18.3. The number of aryl methyl sites for hydroxylation is 1. The highest BCUT2D eigenvalue weighted by Gasteiger charge is 2.18. The number of hydrogen-bond acceptors (Lipinski definition) is 5. The number of rotatable bonds is 7. The van der Waals surface area contributed by atoms with E-state index in [2.05, 4.69) is 91.8 Å². The molecule has 0 spiro atoms. The van der Waals surface area contributed by atoms with Gasteiger partial charge in [0.1, 0.15) is 18.0 Å². The van der Waals surface area contributed by atoms with E-state index in [4.69, 9.17) is 0 Å². The summed E-state index contributed by atoms with van der Waals surface area (Å²) in [5.74, 6) is 1.91. The van der Waals surface area contributed by atoms with Gasteiger partial charge in [0.2, 0.25) is 0 Å². The second kappa shape index (κ2) is 9.22. The van der Waals surface area contributed by atoms with Crippen molar-refractivity contribution in [3.05, 3.63) is 78.6 Å². The molecule has 28 heavy (non-hydrogen) atoms. The van der Waals surface area contributed by atoms with E-state index in [1.165, 1.54) is 11.3 Å². The van der Waals surface area contributed by atoms with Crippen LogP contribution in [0.4, 0.5) is 17.3 Å².